The van der Waals surface area contributed by atoms with Crippen LogP contribution in [0.2, 0.25) is 10.0 Å². The van der Waals surface area contributed by atoms with Gasteiger partial charge in [0.05, 0.1) is 22.0 Å². The Hall–Kier alpha value is -1.92. The van der Waals surface area contributed by atoms with Crippen LogP contribution in [0.4, 0.5) is 10.6 Å². The standard InChI is InChI=1S/C24H34Cl2N2O4/c1-9-10-11-31-19-15-12-17(25)18(26)13-16(15)21(29)28(14-23(2,3)4)20(19)27(8)22(30)32-24(5,6)7/h12-13H,9-11,14H2,1-8H3. The van der Waals surface area contributed by atoms with E-state index in [2.05, 4.69) is 6.92 Å². The molecule has 0 aliphatic carbocycles. The summed E-state index contributed by atoms with van der Waals surface area (Å²) in [6.45, 7) is 14.3. The van der Waals surface area contributed by atoms with Gasteiger partial charge in [-0.25, -0.2) is 4.79 Å². The second-order valence-electron chi connectivity index (χ2n) is 10.2. The van der Waals surface area contributed by atoms with Gasteiger partial charge in [-0.3, -0.25) is 14.3 Å². The van der Waals surface area contributed by atoms with E-state index >= 15 is 0 Å². The number of ether oxygens (including phenoxy) is 2. The molecule has 6 nitrogen and oxygen atoms in total. The lowest BCUT2D eigenvalue weighted by Gasteiger charge is -2.30. The average Bonchev–Trinajstić information content (AvgIpc) is 2.64. The number of amides is 1. The molecule has 2 aromatic rings. The van der Waals surface area contributed by atoms with Crippen LogP contribution in [0.1, 0.15) is 61.3 Å². The minimum absolute atomic E-state index is 0.252. The zero-order valence-corrected chi connectivity index (χ0v) is 21.8. The molecule has 0 saturated carbocycles. The Balaban J connectivity index is 2.90. The first-order chi connectivity index (χ1) is 14.7. The summed E-state index contributed by atoms with van der Waals surface area (Å²) in [5, 5.41) is 1.48. The van der Waals surface area contributed by atoms with Crippen molar-refractivity contribution in [1.82, 2.24) is 4.57 Å². The zero-order chi connectivity index (χ0) is 24.4. The number of nitrogens with zero attached hydrogens (tertiary/aromatic N) is 2. The molecule has 2 rings (SSSR count). The number of halogens is 2. The lowest BCUT2D eigenvalue weighted by molar-refractivity contribution is 0.0585. The third kappa shape index (κ3) is 6.32. The number of hydrogen-bond donors (Lipinski definition) is 0. The molecular formula is C24H34Cl2N2O4. The summed E-state index contributed by atoms with van der Waals surface area (Å²) in [6.07, 6.45) is 1.17. The highest BCUT2D eigenvalue weighted by Crippen LogP contribution is 2.39. The lowest BCUT2D eigenvalue weighted by Crippen LogP contribution is -2.39. The van der Waals surface area contributed by atoms with Crippen molar-refractivity contribution in [3.05, 3.63) is 32.5 Å². The van der Waals surface area contributed by atoms with E-state index in [4.69, 9.17) is 32.7 Å². The molecule has 1 heterocycles. The highest BCUT2D eigenvalue weighted by Gasteiger charge is 2.30. The van der Waals surface area contributed by atoms with Crippen molar-refractivity contribution in [3.8, 4) is 5.75 Å². The van der Waals surface area contributed by atoms with Crippen molar-refractivity contribution >= 4 is 45.9 Å². The zero-order valence-electron chi connectivity index (χ0n) is 20.3. The first-order valence-corrected chi connectivity index (χ1v) is 11.6. The van der Waals surface area contributed by atoms with Gasteiger partial charge in [-0.05, 0) is 44.7 Å². The van der Waals surface area contributed by atoms with Gasteiger partial charge in [0.1, 0.15) is 5.60 Å². The van der Waals surface area contributed by atoms with E-state index in [1.54, 1.807) is 44.5 Å². The van der Waals surface area contributed by atoms with Crippen molar-refractivity contribution in [2.24, 2.45) is 5.41 Å². The Labute approximate surface area is 200 Å². The second-order valence-corrected chi connectivity index (χ2v) is 11.0. The summed E-state index contributed by atoms with van der Waals surface area (Å²) in [5.41, 5.74) is -1.23. The molecule has 32 heavy (non-hydrogen) atoms. The molecule has 0 aliphatic rings. The maximum atomic E-state index is 13.6. The summed E-state index contributed by atoms with van der Waals surface area (Å²) in [4.78, 5) is 28.0. The number of rotatable bonds is 6. The van der Waals surface area contributed by atoms with E-state index in [1.165, 1.54) is 4.90 Å². The van der Waals surface area contributed by atoms with Crippen LogP contribution in [0.25, 0.3) is 10.8 Å². The van der Waals surface area contributed by atoms with Crippen LogP contribution in [0, 0.1) is 5.41 Å². The minimum atomic E-state index is -0.697. The van der Waals surface area contributed by atoms with Gasteiger partial charge >= 0.3 is 6.09 Å². The van der Waals surface area contributed by atoms with E-state index in [1.807, 2.05) is 20.8 Å². The van der Waals surface area contributed by atoms with E-state index in [9.17, 15) is 9.59 Å². The normalized spacial score (nSPS) is 12.2. The number of unbranched alkanes of at least 4 members (excludes halogenated alkanes) is 1. The predicted molar refractivity (Wildman–Crippen MR) is 133 cm³/mol. The quantitative estimate of drug-likeness (QED) is 0.418. The third-order valence-electron chi connectivity index (χ3n) is 4.60. The van der Waals surface area contributed by atoms with Crippen molar-refractivity contribution in [2.45, 2.75) is 73.5 Å². The summed E-state index contributed by atoms with van der Waals surface area (Å²) in [6, 6.07) is 3.18. The fraction of sp³-hybridized carbons (Fsp3) is 0.583. The number of pyridine rings is 1. The number of benzene rings is 1. The monoisotopic (exact) mass is 484 g/mol. The Morgan fingerprint density at radius 3 is 2.12 bits per heavy atom. The van der Waals surface area contributed by atoms with Crippen molar-refractivity contribution in [2.75, 3.05) is 18.6 Å². The van der Waals surface area contributed by atoms with Crippen LogP contribution in [0.15, 0.2) is 16.9 Å². The number of fused-ring (bicyclic) bond motifs is 1. The summed E-state index contributed by atoms with van der Waals surface area (Å²) >= 11 is 12.5. The van der Waals surface area contributed by atoms with E-state index < -0.39 is 11.7 Å². The Morgan fingerprint density at radius 1 is 1.06 bits per heavy atom. The van der Waals surface area contributed by atoms with Gasteiger partial charge in [0.25, 0.3) is 5.56 Å². The summed E-state index contributed by atoms with van der Waals surface area (Å²) in [5.74, 6) is 0.741. The molecule has 1 aromatic carbocycles. The van der Waals surface area contributed by atoms with E-state index in [-0.39, 0.29) is 16.0 Å². The predicted octanol–water partition coefficient (Wildman–Crippen LogP) is 6.90. The lowest BCUT2D eigenvalue weighted by atomic mass is 9.96. The van der Waals surface area contributed by atoms with Crippen LogP contribution in [-0.4, -0.2) is 29.9 Å². The molecule has 0 aliphatic heterocycles. The second kappa shape index (κ2) is 9.92. The molecule has 0 unspecified atom stereocenters. The van der Waals surface area contributed by atoms with Gasteiger partial charge in [-0.15, -0.1) is 0 Å². The molecule has 0 spiro atoms. The van der Waals surface area contributed by atoms with Gasteiger partial charge < -0.3 is 9.47 Å². The van der Waals surface area contributed by atoms with Crippen LogP contribution in [-0.2, 0) is 11.3 Å². The van der Waals surface area contributed by atoms with Crippen LogP contribution < -0.4 is 15.2 Å². The van der Waals surface area contributed by atoms with Gasteiger partial charge in [-0.2, -0.15) is 0 Å². The fourth-order valence-corrected chi connectivity index (χ4v) is 3.56. The first-order valence-electron chi connectivity index (χ1n) is 10.8. The van der Waals surface area contributed by atoms with E-state index in [0.717, 1.165) is 12.8 Å². The number of carbonyl (C=O) groups is 1. The van der Waals surface area contributed by atoms with Crippen LogP contribution in [0.5, 0.6) is 5.75 Å². The molecule has 0 bridgehead atoms. The van der Waals surface area contributed by atoms with Crippen molar-refractivity contribution < 1.29 is 14.3 Å². The van der Waals surface area contributed by atoms with Crippen LogP contribution in [0.3, 0.4) is 0 Å². The molecule has 0 saturated heterocycles. The molecule has 0 radical (unpaired) electrons. The molecule has 8 heteroatoms. The number of hydrogen-bond acceptors (Lipinski definition) is 4. The Morgan fingerprint density at radius 2 is 1.62 bits per heavy atom. The number of aromatic nitrogens is 1. The van der Waals surface area contributed by atoms with Gasteiger partial charge in [-0.1, -0.05) is 57.3 Å². The first kappa shape index (κ1) is 26.3. The third-order valence-corrected chi connectivity index (χ3v) is 5.32. The maximum absolute atomic E-state index is 13.6. The minimum Gasteiger partial charge on any atom is -0.489 e. The molecule has 178 valence electrons. The molecular weight excluding hydrogens is 451 g/mol. The van der Waals surface area contributed by atoms with Gasteiger partial charge in [0.2, 0.25) is 0 Å². The van der Waals surface area contributed by atoms with Gasteiger partial charge in [0.15, 0.2) is 11.6 Å². The number of anilines is 1. The van der Waals surface area contributed by atoms with E-state index in [0.29, 0.717) is 40.5 Å². The highest BCUT2D eigenvalue weighted by molar-refractivity contribution is 6.42. The smallest absolute Gasteiger partial charge is 0.415 e. The Kier molecular flexibility index (Phi) is 8.16. The van der Waals surface area contributed by atoms with Crippen molar-refractivity contribution in [1.29, 1.82) is 0 Å². The molecule has 1 amide bonds. The molecule has 0 N–H and O–H groups in total. The van der Waals surface area contributed by atoms with Gasteiger partial charge in [0, 0.05) is 19.0 Å². The Bertz CT molecular complexity index is 1050. The topological polar surface area (TPSA) is 60.8 Å². The average molecular weight is 485 g/mol. The molecule has 0 fully saturated rings. The maximum Gasteiger partial charge on any atom is 0.415 e. The SMILES string of the molecule is CCCCOc1c(N(C)C(=O)OC(C)(C)C)n(CC(C)(C)C)c(=O)c2cc(Cl)c(Cl)cc12. The van der Waals surface area contributed by atoms with Crippen molar-refractivity contribution in [3.63, 3.8) is 0 Å². The molecule has 0 atom stereocenters. The number of carbonyl (C=O) groups excluding carboxylic acids is 1. The molecule has 1 aromatic heterocycles. The fourth-order valence-electron chi connectivity index (χ4n) is 3.23. The highest BCUT2D eigenvalue weighted by atomic mass is 35.5. The summed E-state index contributed by atoms with van der Waals surface area (Å²) < 4.78 is 13.3. The summed E-state index contributed by atoms with van der Waals surface area (Å²) in [7, 11) is 1.58. The largest absolute Gasteiger partial charge is 0.489 e. The van der Waals surface area contributed by atoms with Crippen LogP contribution >= 0.6 is 23.2 Å².